The molecule has 0 atom stereocenters. The highest BCUT2D eigenvalue weighted by Crippen LogP contribution is 2.29. The first kappa shape index (κ1) is 12.9. The van der Waals surface area contributed by atoms with E-state index in [1.165, 1.54) is 0 Å². The minimum absolute atomic E-state index is 0.0827. The summed E-state index contributed by atoms with van der Waals surface area (Å²) in [6.07, 6.45) is -0.479. The molecule has 80 valence electrons. The van der Waals surface area contributed by atoms with Crippen molar-refractivity contribution in [3.8, 4) is 12.1 Å². The fourth-order valence-electron chi connectivity index (χ4n) is 1.23. The van der Waals surface area contributed by atoms with Crippen LogP contribution in [-0.4, -0.2) is 17.0 Å². The average molecular weight is 209 g/mol. The molecule has 0 bridgehead atoms. The molecule has 0 aromatic heterocycles. The lowest BCUT2D eigenvalue weighted by atomic mass is 9.78. The summed E-state index contributed by atoms with van der Waals surface area (Å²) in [5, 5.41) is 25.6. The van der Waals surface area contributed by atoms with Gasteiger partial charge in [0.25, 0.3) is 0 Å². The Labute approximate surface area is 86.9 Å². The van der Waals surface area contributed by atoms with Gasteiger partial charge in [-0.25, -0.2) is 0 Å². The quantitative estimate of drug-likeness (QED) is 0.601. The van der Waals surface area contributed by atoms with Crippen LogP contribution in [0.5, 0.6) is 0 Å². The van der Waals surface area contributed by atoms with Gasteiger partial charge in [0.1, 0.15) is 5.41 Å². The summed E-state index contributed by atoms with van der Waals surface area (Å²) in [4.78, 5) is 22.1. The Morgan fingerprint density at radius 1 is 1.20 bits per heavy atom. The van der Waals surface area contributed by atoms with Crippen LogP contribution in [0.15, 0.2) is 0 Å². The normalized spacial score (nSPS) is 10.0. The van der Waals surface area contributed by atoms with Gasteiger partial charge in [-0.05, 0) is 12.8 Å². The van der Waals surface area contributed by atoms with Crippen LogP contribution in [0.1, 0.15) is 25.7 Å². The van der Waals surface area contributed by atoms with Crippen LogP contribution in [0.3, 0.4) is 0 Å². The maximum Gasteiger partial charge on any atom is 0.319 e. The molecule has 0 saturated heterocycles. The fourth-order valence-corrected chi connectivity index (χ4v) is 1.23. The number of nitrogens with two attached hydrogens (primary N) is 1. The van der Waals surface area contributed by atoms with Gasteiger partial charge in [-0.1, -0.05) is 0 Å². The van der Waals surface area contributed by atoms with Gasteiger partial charge < -0.3 is 10.8 Å². The van der Waals surface area contributed by atoms with E-state index in [4.69, 9.17) is 21.4 Å². The van der Waals surface area contributed by atoms with Crippen LogP contribution in [0.2, 0.25) is 0 Å². The molecule has 0 saturated carbocycles. The number of hydrogen-bond acceptors (Lipinski definition) is 4. The molecule has 6 nitrogen and oxygen atoms in total. The van der Waals surface area contributed by atoms with E-state index in [0.29, 0.717) is 0 Å². The number of hydrogen-bond donors (Lipinski definition) is 2. The number of rotatable bonds is 6. The van der Waals surface area contributed by atoms with Crippen LogP contribution >= 0.6 is 0 Å². The number of aliphatic carboxylic acids is 1. The van der Waals surface area contributed by atoms with E-state index in [2.05, 4.69) is 0 Å². The summed E-state index contributed by atoms with van der Waals surface area (Å²) in [5.41, 5.74) is 3.23. The fraction of sp³-hybridized carbons (Fsp3) is 0.556. The third-order valence-corrected chi connectivity index (χ3v) is 2.21. The maximum absolute atomic E-state index is 11.1. The second kappa shape index (κ2) is 5.61. The minimum Gasteiger partial charge on any atom is -0.480 e. The lowest BCUT2D eigenvalue weighted by Crippen LogP contribution is -2.43. The lowest BCUT2D eigenvalue weighted by Gasteiger charge is -2.23. The Balaban J connectivity index is 4.93. The molecule has 0 aromatic carbocycles. The Kier molecular flexibility index (Phi) is 4.83. The molecule has 0 spiro atoms. The second-order valence-electron chi connectivity index (χ2n) is 3.07. The van der Waals surface area contributed by atoms with Gasteiger partial charge in [0.05, 0.1) is 12.1 Å². The van der Waals surface area contributed by atoms with Crippen molar-refractivity contribution in [3.05, 3.63) is 0 Å². The first-order valence-corrected chi connectivity index (χ1v) is 4.28. The van der Waals surface area contributed by atoms with Gasteiger partial charge >= 0.3 is 5.97 Å². The summed E-state index contributed by atoms with van der Waals surface area (Å²) in [6, 6.07) is 3.51. The number of carboxylic acids is 1. The molecule has 6 heteroatoms. The Hall–Kier alpha value is -2.08. The molecule has 0 aromatic rings. The van der Waals surface area contributed by atoms with Crippen molar-refractivity contribution in [2.24, 2.45) is 11.1 Å². The molecule has 0 aliphatic carbocycles. The van der Waals surface area contributed by atoms with Crippen molar-refractivity contribution in [2.75, 3.05) is 0 Å². The number of nitrogens with zero attached hydrogens (tertiary/aromatic N) is 2. The van der Waals surface area contributed by atoms with Crippen LogP contribution < -0.4 is 5.73 Å². The van der Waals surface area contributed by atoms with Gasteiger partial charge in [-0.2, -0.15) is 10.5 Å². The molecule has 0 rings (SSSR count). The molecular weight excluding hydrogens is 198 g/mol. The van der Waals surface area contributed by atoms with Crippen LogP contribution in [0, 0.1) is 28.1 Å². The molecule has 0 aliphatic heterocycles. The average Bonchev–Trinajstić information content (AvgIpc) is 2.17. The summed E-state index contributed by atoms with van der Waals surface area (Å²) in [7, 11) is 0. The number of nitriles is 2. The number of carbonyl (C=O) groups is 2. The number of amides is 1. The predicted octanol–water partition coefficient (Wildman–Crippen LogP) is 0.150. The zero-order valence-electron chi connectivity index (χ0n) is 8.06. The van der Waals surface area contributed by atoms with Gasteiger partial charge in [0, 0.05) is 12.8 Å². The molecule has 0 heterocycles. The maximum atomic E-state index is 11.1. The van der Waals surface area contributed by atoms with E-state index in [1.54, 1.807) is 12.1 Å². The number of carboxylic acid groups (broad SMARTS) is 1. The van der Waals surface area contributed by atoms with Crippen molar-refractivity contribution >= 4 is 11.9 Å². The predicted molar refractivity (Wildman–Crippen MR) is 49.0 cm³/mol. The van der Waals surface area contributed by atoms with Crippen molar-refractivity contribution in [1.82, 2.24) is 0 Å². The molecule has 15 heavy (non-hydrogen) atoms. The minimum atomic E-state index is -1.79. The van der Waals surface area contributed by atoms with E-state index >= 15 is 0 Å². The SMILES string of the molecule is N#CCCC(CCC#N)(C(N)=O)C(=O)O. The molecule has 1 amide bonds. The first-order valence-electron chi connectivity index (χ1n) is 4.28. The van der Waals surface area contributed by atoms with Crippen molar-refractivity contribution < 1.29 is 14.7 Å². The van der Waals surface area contributed by atoms with E-state index in [1.807, 2.05) is 0 Å². The van der Waals surface area contributed by atoms with Gasteiger partial charge in [-0.3, -0.25) is 9.59 Å². The van der Waals surface area contributed by atoms with Crippen LogP contribution in [-0.2, 0) is 9.59 Å². The van der Waals surface area contributed by atoms with E-state index in [9.17, 15) is 9.59 Å². The zero-order valence-corrected chi connectivity index (χ0v) is 8.06. The third kappa shape index (κ3) is 2.96. The summed E-state index contributed by atoms with van der Waals surface area (Å²) >= 11 is 0. The van der Waals surface area contributed by atoms with Crippen LogP contribution in [0.25, 0.3) is 0 Å². The highest BCUT2D eigenvalue weighted by Gasteiger charge is 2.43. The monoisotopic (exact) mass is 209 g/mol. The number of primary amides is 1. The highest BCUT2D eigenvalue weighted by atomic mass is 16.4. The largest absolute Gasteiger partial charge is 0.480 e. The molecule has 0 fully saturated rings. The lowest BCUT2D eigenvalue weighted by molar-refractivity contribution is -0.155. The molecule has 0 aliphatic rings. The van der Waals surface area contributed by atoms with Gasteiger partial charge in [0.2, 0.25) is 5.91 Å². The summed E-state index contributed by atoms with van der Waals surface area (Å²) in [6.45, 7) is 0. The molecule has 0 radical (unpaired) electrons. The molecule has 0 unspecified atom stereocenters. The van der Waals surface area contributed by atoms with Crippen molar-refractivity contribution in [1.29, 1.82) is 10.5 Å². The van der Waals surface area contributed by atoms with Crippen molar-refractivity contribution in [2.45, 2.75) is 25.7 Å². The Bertz CT molecular complexity index is 303. The standard InChI is InChI=1S/C9H11N3O3/c10-5-1-3-9(7(12)13,8(14)15)4-2-6-11/h1-4H2,(H2,12,13)(H,14,15). The smallest absolute Gasteiger partial charge is 0.319 e. The third-order valence-electron chi connectivity index (χ3n) is 2.21. The second-order valence-corrected chi connectivity index (χ2v) is 3.07. The summed E-state index contributed by atoms with van der Waals surface area (Å²) in [5.74, 6) is -2.37. The molecule has 3 N–H and O–H groups in total. The van der Waals surface area contributed by atoms with Gasteiger partial charge in [-0.15, -0.1) is 0 Å². The molecular formula is C9H11N3O3. The number of carbonyl (C=O) groups excluding carboxylic acids is 1. The van der Waals surface area contributed by atoms with E-state index in [-0.39, 0.29) is 25.7 Å². The summed E-state index contributed by atoms with van der Waals surface area (Å²) < 4.78 is 0. The van der Waals surface area contributed by atoms with E-state index in [0.717, 1.165) is 0 Å². The first-order chi connectivity index (χ1) is 7.01. The Morgan fingerprint density at radius 3 is 1.80 bits per heavy atom. The van der Waals surface area contributed by atoms with Gasteiger partial charge in [0.15, 0.2) is 0 Å². The Morgan fingerprint density at radius 2 is 1.60 bits per heavy atom. The van der Waals surface area contributed by atoms with Crippen LogP contribution in [0.4, 0.5) is 0 Å². The van der Waals surface area contributed by atoms with E-state index < -0.39 is 17.3 Å². The highest BCUT2D eigenvalue weighted by molar-refractivity contribution is 6.01. The zero-order chi connectivity index (χ0) is 11.9. The van der Waals surface area contributed by atoms with Crippen molar-refractivity contribution in [3.63, 3.8) is 0 Å². The topological polar surface area (TPSA) is 128 Å².